The summed E-state index contributed by atoms with van der Waals surface area (Å²) < 4.78 is 5.22. The van der Waals surface area contributed by atoms with Crippen LogP contribution in [0.25, 0.3) is 153 Å². The van der Waals surface area contributed by atoms with Crippen LogP contribution in [0.5, 0.6) is 0 Å². The van der Waals surface area contributed by atoms with Crippen LogP contribution in [0, 0.1) is 0 Å². The lowest BCUT2D eigenvalue weighted by Crippen LogP contribution is -2.00. The molecule has 394 valence electrons. The van der Waals surface area contributed by atoms with E-state index in [4.69, 9.17) is 29.9 Å². The summed E-state index contributed by atoms with van der Waals surface area (Å²) in [5, 5.41) is 7.48. The number of hydrogen-bond donors (Lipinski definition) is 0. The van der Waals surface area contributed by atoms with Crippen LogP contribution in [-0.4, -0.2) is 29.9 Å². The molecule has 6 nitrogen and oxygen atoms in total. The van der Waals surface area contributed by atoms with E-state index in [0.717, 1.165) is 66.4 Å². The Balaban J connectivity index is 0.000000143. The van der Waals surface area contributed by atoms with E-state index in [-0.39, 0.29) is 0 Å². The SMILES string of the molecule is c1ccc(-c2cccc(-c3nc(-c4ccccc4)nc(-c4ccc(-c5ccc6sc7ccccc7c6c5)cc4)n3)c2)cc1.c1ccc(-c2nc(-c3cccc(-c4cccc5c4sc4ccccc45)c3)nc(-c3cccc4ccccc34)n2)cc1. The fraction of sp³-hybridized carbons (Fsp3) is 0. The van der Waals surface area contributed by atoms with Crippen LogP contribution in [0.1, 0.15) is 0 Å². The van der Waals surface area contributed by atoms with E-state index in [1.807, 2.05) is 89.4 Å². The van der Waals surface area contributed by atoms with Crippen LogP contribution in [0.4, 0.5) is 0 Å². The van der Waals surface area contributed by atoms with E-state index >= 15 is 0 Å². The van der Waals surface area contributed by atoms with Gasteiger partial charge in [0.2, 0.25) is 0 Å². The largest absolute Gasteiger partial charge is 0.208 e. The molecule has 0 atom stereocenters. The molecule has 0 aliphatic rings. The van der Waals surface area contributed by atoms with Gasteiger partial charge in [-0.25, -0.2) is 29.9 Å². The number of nitrogens with zero attached hydrogens (tertiary/aromatic N) is 6. The average Bonchev–Trinajstić information content (AvgIpc) is 4.16. The summed E-state index contributed by atoms with van der Waals surface area (Å²) in [6.07, 6.45) is 0. The zero-order chi connectivity index (χ0) is 55.8. The van der Waals surface area contributed by atoms with Crippen molar-refractivity contribution in [1.82, 2.24) is 29.9 Å². The molecule has 0 amide bonds. The van der Waals surface area contributed by atoms with E-state index in [0.29, 0.717) is 34.9 Å². The van der Waals surface area contributed by atoms with E-state index in [9.17, 15) is 0 Å². The van der Waals surface area contributed by atoms with Gasteiger partial charge in [0.1, 0.15) is 0 Å². The van der Waals surface area contributed by atoms with Gasteiger partial charge in [-0.1, -0.05) is 255 Å². The lowest BCUT2D eigenvalue weighted by atomic mass is 10.0. The normalized spacial score (nSPS) is 11.3. The van der Waals surface area contributed by atoms with Crippen molar-refractivity contribution in [1.29, 1.82) is 0 Å². The Kier molecular flexibility index (Phi) is 13.2. The number of thiophene rings is 2. The van der Waals surface area contributed by atoms with Gasteiger partial charge in [0.05, 0.1) is 0 Å². The molecule has 8 heteroatoms. The standard InChI is InChI=1S/C39H25N3S.C37H23N3S/c1-3-10-26(11-4-1)30-14-9-15-32(24-30)39-41-37(28-12-5-2-6-13-28)40-38(42-39)29-20-18-27(19-21-29)31-22-23-36-34(25-31)33-16-7-8-17-35(33)43-36;1-2-12-25(13-3-1)35-38-36(40-37(39-35)32-21-9-14-24-11-4-5-17-28(24)32)27-16-8-15-26(23-27)29-19-10-20-31-30-18-6-7-22-33(30)41-34(29)31/h1-25H;1-23H. The molecule has 12 aromatic carbocycles. The van der Waals surface area contributed by atoms with Gasteiger partial charge in [0, 0.05) is 73.7 Å². The van der Waals surface area contributed by atoms with Crippen molar-refractivity contribution in [3.05, 3.63) is 291 Å². The second-order valence-electron chi connectivity index (χ2n) is 20.6. The topological polar surface area (TPSA) is 77.3 Å². The summed E-state index contributed by atoms with van der Waals surface area (Å²) in [4.78, 5) is 29.9. The summed E-state index contributed by atoms with van der Waals surface area (Å²) in [6.45, 7) is 0. The Morgan fingerprint density at radius 2 is 0.560 bits per heavy atom. The van der Waals surface area contributed by atoms with Crippen LogP contribution >= 0.6 is 22.7 Å². The fourth-order valence-electron chi connectivity index (χ4n) is 11.1. The Labute approximate surface area is 493 Å². The highest BCUT2D eigenvalue weighted by atomic mass is 32.1. The molecule has 0 aliphatic heterocycles. The van der Waals surface area contributed by atoms with Crippen molar-refractivity contribution in [2.24, 2.45) is 0 Å². The number of aromatic nitrogens is 6. The zero-order valence-electron chi connectivity index (χ0n) is 45.2. The molecular formula is C76H48N6S2. The van der Waals surface area contributed by atoms with Crippen LogP contribution in [0.3, 0.4) is 0 Å². The first-order valence-electron chi connectivity index (χ1n) is 27.9. The van der Waals surface area contributed by atoms with Gasteiger partial charge in [0.15, 0.2) is 34.9 Å². The van der Waals surface area contributed by atoms with E-state index in [1.165, 1.54) is 51.5 Å². The van der Waals surface area contributed by atoms with Crippen molar-refractivity contribution in [2.45, 2.75) is 0 Å². The Morgan fingerprint density at radius 1 is 0.190 bits per heavy atom. The van der Waals surface area contributed by atoms with Gasteiger partial charge in [-0.05, 0) is 80.6 Å². The van der Waals surface area contributed by atoms with E-state index in [1.54, 1.807) is 0 Å². The highest BCUT2D eigenvalue weighted by Gasteiger charge is 2.18. The number of fused-ring (bicyclic) bond motifs is 7. The minimum atomic E-state index is 0.653. The number of benzene rings is 12. The second-order valence-corrected chi connectivity index (χ2v) is 22.7. The molecule has 0 aliphatic carbocycles. The van der Waals surface area contributed by atoms with Crippen LogP contribution in [0.15, 0.2) is 291 Å². The van der Waals surface area contributed by atoms with Gasteiger partial charge in [0.25, 0.3) is 0 Å². The zero-order valence-corrected chi connectivity index (χ0v) is 46.8. The number of hydrogen-bond acceptors (Lipinski definition) is 8. The maximum Gasteiger partial charge on any atom is 0.164 e. The summed E-state index contributed by atoms with van der Waals surface area (Å²) >= 11 is 3.69. The van der Waals surface area contributed by atoms with E-state index < -0.39 is 0 Å². The molecule has 0 N–H and O–H groups in total. The molecule has 0 saturated heterocycles. The molecule has 84 heavy (non-hydrogen) atoms. The summed E-state index contributed by atoms with van der Waals surface area (Å²) in [6, 6.07) is 101. The third kappa shape index (κ3) is 9.85. The molecule has 16 rings (SSSR count). The summed E-state index contributed by atoms with van der Waals surface area (Å²) in [5.41, 5.74) is 12.8. The molecule has 0 fully saturated rings. The molecule has 4 aromatic heterocycles. The molecular weight excluding hydrogens is 1060 g/mol. The van der Waals surface area contributed by atoms with Gasteiger partial charge in [-0.3, -0.25) is 0 Å². The first kappa shape index (κ1) is 50.3. The average molecular weight is 1110 g/mol. The van der Waals surface area contributed by atoms with Crippen LogP contribution in [-0.2, 0) is 0 Å². The van der Waals surface area contributed by atoms with Crippen LogP contribution in [0.2, 0.25) is 0 Å². The predicted octanol–water partition coefficient (Wildman–Crippen LogP) is 20.6. The van der Waals surface area contributed by atoms with Crippen molar-refractivity contribution in [3.8, 4) is 102 Å². The molecule has 4 heterocycles. The molecule has 0 saturated carbocycles. The molecule has 16 aromatic rings. The van der Waals surface area contributed by atoms with Gasteiger partial charge in [-0.15, -0.1) is 22.7 Å². The van der Waals surface area contributed by atoms with Crippen LogP contribution < -0.4 is 0 Å². The molecule has 0 unspecified atom stereocenters. The minimum Gasteiger partial charge on any atom is -0.208 e. The quantitative estimate of drug-likeness (QED) is 0.143. The predicted molar refractivity (Wildman–Crippen MR) is 352 cm³/mol. The van der Waals surface area contributed by atoms with Gasteiger partial charge < -0.3 is 0 Å². The third-order valence-corrected chi connectivity index (χ3v) is 17.7. The van der Waals surface area contributed by atoms with E-state index in [2.05, 4.69) is 224 Å². The van der Waals surface area contributed by atoms with Gasteiger partial charge in [-0.2, -0.15) is 0 Å². The smallest absolute Gasteiger partial charge is 0.164 e. The summed E-state index contributed by atoms with van der Waals surface area (Å²) in [5.74, 6) is 3.95. The van der Waals surface area contributed by atoms with Crippen molar-refractivity contribution in [2.75, 3.05) is 0 Å². The lowest BCUT2D eigenvalue weighted by Gasteiger charge is -2.11. The fourth-order valence-corrected chi connectivity index (χ4v) is 13.4. The maximum atomic E-state index is 5.06. The van der Waals surface area contributed by atoms with Crippen molar-refractivity contribution < 1.29 is 0 Å². The minimum absolute atomic E-state index is 0.653. The Bertz CT molecular complexity index is 5070. The molecule has 0 bridgehead atoms. The Hall–Kier alpha value is -10.6. The second kappa shape index (κ2) is 22.0. The first-order chi connectivity index (χ1) is 41.6. The molecule has 0 radical (unpaired) electrons. The van der Waals surface area contributed by atoms with Crippen molar-refractivity contribution >= 4 is 73.8 Å². The maximum absolute atomic E-state index is 5.06. The van der Waals surface area contributed by atoms with Crippen molar-refractivity contribution in [3.63, 3.8) is 0 Å². The molecule has 0 spiro atoms. The Morgan fingerprint density at radius 3 is 1.21 bits per heavy atom. The lowest BCUT2D eigenvalue weighted by molar-refractivity contribution is 1.07. The van der Waals surface area contributed by atoms with Gasteiger partial charge >= 0.3 is 0 Å². The first-order valence-corrected chi connectivity index (χ1v) is 29.5. The monoisotopic (exact) mass is 1110 g/mol. The highest BCUT2D eigenvalue weighted by Crippen LogP contribution is 2.42. The third-order valence-electron chi connectivity index (χ3n) is 15.3. The summed E-state index contributed by atoms with van der Waals surface area (Å²) in [7, 11) is 0. The number of rotatable bonds is 9. The highest BCUT2D eigenvalue weighted by molar-refractivity contribution is 7.26.